The number of hydrogen-bond donors (Lipinski definition) is 0. The fraction of sp³-hybridized carbons (Fsp3) is 0.103. The molecule has 226 valence electrons. The standard InChI is InChI=1S/C39H31N3O3S/c1-25(46(4,44)45)24-35(26(2)43)42-33-22-12-20-31-37(33)39(3)36-29(40(31)27-14-7-5-8-15-27)18-11-19-30(36)41(28-16-9-6-10-17-28)32-21-13-23-34(42)38(32)39/h5-24H,1H2,2-4H3/b35-24+. The molecule has 3 aliphatic rings. The van der Waals surface area contributed by atoms with Crippen molar-refractivity contribution in [3.05, 3.63) is 155 Å². The van der Waals surface area contributed by atoms with Crippen molar-refractivity contribution in [1.29, 1.82) is 0 Å². The van der Waals surface area contributed by atoms with Gasteiger partial charge in [0.25, 0.3) is 0 Å². The van der Waals surface area contributed by atoms with Crippen LogP contribution in [-0.2, 0) is 20.0 Å². The van der Waals surface area contributed by atoms with E-state index in [1.54, 1.807) is 0 Å². The summed E-state index contributed by atoms with van der Waals surface area (Å²) in [6, 6.07) is 39.4. The highest BCUT2D eigenvalue weighted by Gasteiger charge is 2.54. The van der Waals surface area contributed by atoms with Crippen LogP contribution in [0, 0.1) is 0 Å². The Labute approximate surface area is 269 Å². The zero-order chi connectivity index (χ0) is 32.0. The fourth-order valence-corrected chi connectivity index (χ4v) is 7.88. The van der Waals surface area contributed by atoms with Crippen LogP contribution in [0.4, 0.5) is 45.5 Å². The fourth-order valence-electron chi connectivity index (χ4n) is 7.56. The van der Waals surface area contributed by atoms with E-state index in [1.165, 1.54) is 13.0 Å². The molecule has 0 fully saturated rings. The lowest BCUT2D eigenvalue weighted by Crippen LogP contribution is -2.44. The Hall–Kier alpha value is -5.40. The van der Waals surface area contributed by atoms with Gasteiger partial charge in [-0.3, -0.25) is 4.79 Å². The van der Waals surface area contributed by atoms with Crippen molar-refractivity contribution >= 4 is 61.1 Å². The van der Waals surface area contributed by atoms with Crippen molar-refractivity contribution in [2.24, 2.45) is 0 Å². The Bertz CT molecular complexity index is 2140. The molecule has 7 heteroatoms. The lowest BCUT2D eigenvalue weighted by molar-refractivity contribution is -0.113. The molecule has 0 spiro atoms. The first-order chi connectivity index (χ1) is 22.1. The summed E-state index contributed by atoms with van der Waals surface area (Å²) in [5.74, 6) is -0.267. The van der Waals surface area contributed by atoms with Crippen molar-refractivity contribution < 1.29 is 13.2 Å². The van der Waals surface area contributed by atoms with E-state index < -0.39 is 15.3 Å². The Morgan fingerprint density at radius 3 is 1.37 bits per heavy atom. The molecule has 5 aromatic rings. The number of ketones is 1. The Morgan fingerprint density at radius 2 is 1.00 bits per heavy atom. The second-order valence-corrected chi connectivity index (χ2v) is 14.2. The summed E-state index contributed by atoms with van der Waals surface area (Å²) in [5, 5.41) is 0. The van der Waals surface area contributed by atoms with Crippen LogP contribution in [-0.4, -0.2) is 20.5 Å². The molecule has 6 nitrogen and oxygen atoms in total. The molecule has 0 atom stereocenters. The predicted molar refractivity (Wildman–Crippen MR) is 186 cm³/mol. The number of benzene rings is 5. The minimum Gasteiger partial charge on any atom is -0.310 e. The Kier molecular flexibility index (Phi) is 5.99. The van der Waals surface area contributed by atoms with Gasteiger partial charge in [0.15, 0.2) is 15.6 Å². The lowest BCUT2D eigenvalue weighted by Gasteiger charge is -2.55. The second-order valence-electron chi connectivity index (χ2n) is 12.1. The van der Waals surface area contributed by atoms with E-state index in [4.69, 9.17) is 0 Å². The Morgan fingerprint density at radius 1 is 0.630 bits per heavy atom. The van der Waals surface area contributed by atoms with E-state index in [-0.39, 0.29) is 16.4 Å². The average molecular weight is 622 g/mol. The van der Waals surface area contributed by atoms with E-state index in [9.17, 15) is 13.2 Å². The summed E-state index contributed by atoms with van der Waals surface area (Å²) in [7, 11) is -3.64. The molecular weight excluding hydrogens is 591 g/mol. The van der Waals surface area contributed by atoms with Gasteiger partial charge in [0.05, 0.1) is 50.1 Å². The quantitative estimate of drug-likeness (QED) is 0.139. The van der Waals surface area contributed by atoms with Gasteiger partial charge in [0.1, 0.15) is 0 Å². The van der Waals surface area contributed by atoms with Gasteiger partial charge >= 0.3 is 0 Å². The number of carbonyl (C=O) groups is 1. The summed E-state index contributed by atoms with van der Waals surface area (Å²) in [4.78, 5) is 20.0. The molecule has 0 saturated carbocycles. The van der Waals surface area contributed by atoms with Crippen molar-refractivity contribution in [2.75, 3.05) is 21.0 Å². The number of hydrogen-bond acceptors (Lipinski definition) is 6. The van der Waals surface area contributed by atoms with Crippen LogP contribution in [0.3, 0.4) is 0 Å². The maximum atomic E-state index is 13.6. The summed E-state index contributed by atoms with van der Waals surface area (Å²) in [6.45, 7) is 7.59. The first kappa shape index (κ1) is 28.1. The normalized spacial score (nSPS) is 15.4. The van der Waals surface area contributed by atoms with Crippen molar-refractivity contribution in [3.63, 3.8) is 0 Å². The van der Waals surface area contributed by atoms with Gasteiger partial charge in [0.2, 0.25) is 0 Å². The molecule has 0 aromatic heterocycles. The third-order valence-electron chi connectivity index (χ3n) is 9.41. The zero-order valence-corrected chi connectivity index (χ0v) is 26.5. The highest BCUT2D eigenvalue weighted by Crippen LogP contribution is 2.68. The smallest absolute Gasteiger partial charge is 0.176 e. The Balaban J connectivity index is 1.55. The van der Waals surface area contributed by atoms with Crippen LogP contribution >= 0.6 is 0 Å². The molecule has 46 heavy (non-hydrogen) atoms. The first-order valence-corrected chi connectivity index (χ1v) is 17.0. The minimum absolute atomic E-state index is 0.120. The maximum Gasteiger partial charge on any atom is 0.176 e. The molecule has 0 bridgehead atoms. The number of nitrogens with zero attached hydrogens (tertiary/aromatic N) is 3. The van der Waals surface area contributed by atoms with E-state index in [0.29, 0.717) is 0 Å². The summed E-state index contributed by atoms with van der Waals surface area (Å²) in [5.41, 5.74) is 10.7. The number of sulfone groups is 1. The third-order valence-corrected chi connectivity index (χ3v) is 10.5. The van der Waals surface area contributed by atoms with E-state index >= 15 is 0 Å². The molecule has 0 radical (unpaired) electrons. The minimum atomic E-state index is -3.64. The molecule has 0 unspecified atom stereocenters. The largest absolute Gasteiger partial charge is 0.310 e. The van der Waals surface area contributed by atoms with Crippen molar-refractivity contribution in [3.8, 4) is 0 Å². The summed E-state index contributed by atoms with van der Waals surface area (Å²) in [6.07, 6.45) is 2.52. The predicted octanol–water partition coefficient (Wildman–Crippen LogP) is 9.09. The number of rotatable bonds is 6. The highest BCUT2D eigenvalue weighted by molar-refractivity contribution is 7.94. The van der Waals surface area contributed by atoms with E-state index in [2.05, 4.69) is 77.9 Å². The molecule has 3 heterocycles. The van der Waals surface area contributed by atoms with E-state index in [1.807, 2.05) is 65.6 Å². The van der Waals surface area contributed by atoms with E-state index in [0.717, 1.165) is 68.4 Å². The van der Waals surface area contributed by atoms with Crippen LogP contribution in [0.1, 0.15) is 30.5 Å². The summed E-state index contributed by atoms with van der Waals surface area (Å²) >= 11 is 0. The van der Waals surface area contributed by atoms with Gasteiger partial charge in [0, 0.05) is 41.2 Å². The molecule has 0 amide bonds. The van der Waals surface area contributed by atoms with Gasteiger partial charge in [-0.2, -0.15) is 0 Å². The molecule has 0 saturated heterocycles. The number of allylic oxidation sites excluding steroid dienone is 2. The molecule has 8 rings (SSSR count). The van der Waals surface area contributed by atoms with Crippen LogP contribution in [0.2, 0.25) is 0 Å². The van der Waals surface area contributed by atoms with Crippen LogP contribution < -0.4 is 14.7 Å². The van der Waals surface area contributed by atoms with Crippen LogP contribution in [0.25, 0.3) is 0 Å². The molecule has 3 aliphatic heterocycles. The summed E-state index contributed by atoms with van der Waals surface area (Å²) < 4.78 is 25.2. The monoisotopic (exact) mass is 621 g/mol. The van der Waals surface area contributed by atoms with Gasteiger partial charge in [-0.1, -0.05) is 61.2 Å². The third kappa shape index (κ3) is 3.75. The van der Waals surface area contributed by atoms with Gasteiger partial charge in [-0.15, -0.1) is 0 Å². The zero-order valence-electron chi connectivity index (χ0n) is 25.7. The SMILES string of the molecule is C=C(/C=C(\C(C)=O)N1c2cccc3c2C2(C)c4c1cccc4N(c1ccccc1)c1cccc(c12)N3c1ccccc1)S(C)(=O)=O. The molecule has 0 aliphatic carbocycles. The topological polar surface area (TPSA) is 60.9 Å². The number of Topliss-reactive ketones (excluding diaryl/α,β-unsaturated/α-hetero) is 1. The lowest BCUT2D eigenvalue weighted by atomic mass is 9.61. The van der Waals surface area contributed by atoms with Gasteiger partial charge < -0.3 is 14.7 Å². The maximum absolute atomic E-state index is 13.6. The number of para-hydroxylation sites is 2. The van der Waals surface area contributed by atoms with Crippen molar-refractivity contribution in [2.45, 2.75) is 19.3 Å². The average Bonchev–Trinajstić information content (AvgIpc) is 3.04. The van der Waals surface area contributed by atoms with Gasteiger partial charge in [-0.05, 0) is 73.7 Å². The van der Waals surface area contributed by atoms with Gasteiger partial charge in [-0.25, -0.2) is 8.42 Å². The second kappa shape index (κ2) is 9.80. The highest BCUT2D eigenvalue weighted by atomic mass is 32.2. The number of anilines is 8. The molecule has 0 N–H and O–H groups in total. The number of carbonyl (C=O) groups excluding carboxylic acids is 1. The first-order valence-electron chi connectivity index (χ1n) is 15.1. The van der Waals surface area contributed by atoms with Crippen LogP contribution in [0.15, 0.2) is 139 Å². The van der Waals surface area contributed by atoms with Crippen molar-refractivity contribution in [1.82, 2.24) is 0 Å². The molecular formula is C39H31N3O3S. The molecule has 5 aromatic carbocycles. The van der Waals surface area contributed by atoms with Crippen LogP contribution in [0.5, 0.6) is 0 Å².